The van der Waals surface area contributed by atoms with E-state index < -0.39 is 20.3 Å². The van der Waals surface area contributed by atoms with Crippen molar-refractivity contribution in [1.82, 2.24) is 0 Å². The zero-order chi connectivity index (χ0) is 10.5. The van der Waals surface area contributed by atoms with Gasteiger partial charge in [-0.3, -0.25) is 0 Å². The number of aliphatic hydroxyl groups is 2. The first-order chi connectivity index (χ1) is 5.85. The van der Waals surface area contributed by atoms with E-state index in [-0.39, 0.29) is 6.42 Å². The van der Waals surface area contributed by atoms with Gasteiger partial charge < -0.3 is 10.2 Å². The molecule has 0 spiro atoms. The molecule has 0 aliphatic carbocycles. The highest BCUT2D eigenvalue weighted by Crippen LogP contribution is 2.00. The van der Waals surface area contributed by atoms with Crippen molar-refractivity contribution in [2.24, 2.45) is 0 Å². The molecule has 2 N–H and O–H groups in total. The van der Waals surface area contributed by atoms with Gasteiger partial charge in [-0.05, 0) is 0 Å². The first-order valence-electron chi connectivity index (χ1n) is 4.36. The molecule has 0 aromatic rings. The van der Waals surface area contributed by atoms with Gasteiger partial charge in [-0.1, -0.05) is 31.6 Å². The summed E-state index contributed by atoms with van der Waals surface area (Å²) in [5.74, 6) is 2.75. The van der Waals surface area contributed by atoms with Crippen LogP contribution in [0.3, 0.4) is 0 Å². The second-order valence-corrected chi connectivity index (χ2v) is 8.82. The molecule has 3 heteroatoms. The summed E-state index contributed by atoms with van der Waals surface area (Å²) >= 11 is 0. The van der Waals surface area contributed by atoms with E-state index in [1.54, 1.807) is 0 Å². The lowest BCUT2D eigenvalue weighted by atomic mass is 10.2. The van der Waals surface area contributed by atoms with Crippen molar-refractivity contribution >= 4 is 8.07 Å². The lowest BCUT2D eigenvalue weighted by molar-refractivity contribution is 0.138. The second kappa shape index (κ2) is 5.23. The Labute approximate surface area is 81.3 Å². The van der Waals surface area contributed by atoms with Crippen LogP contribution in [0.5, 0.6) is 0 Å². The van der Waals surface area contributed by atoms with E-state index in [2.05, 4.69) is 37.7 Å². The van der Waals surface area contributed by atoms with E-state index in [4.69, 9.17) is 5.11 Å². The Bertz CT molecular complexity index is 219. The van der Waals surface area contributed by atoms with Crippen LogP contribution in [-0.2, 0) is 0 Å². The van der Waals surface area contributed by atoms with Crippen molar-refractivity contribution < 1.29 is 10.2 Å². The van der Waals surface area contributed by atoms with Crippen molar-refractivity contribution in [3.05, 3.63) is 12.7 Å². The second-order valence-electron chi connectivity index (χ2n) is 4.07. The van der Waals surface area contributed by atoms with Crippen molar-refractivity contribution in [3.63, 3.8) is 0 Å². The molecule has 0 aromatic heterocycles. The van der Waals surface area contributed by atoms with Gasteiger partial charge in [-0.15, -0.1) is 12.1 Å². The largest absolute Gasteiger partial charge is 0.389 e. The van der Waals surface area contributed by atoms with E-state index in [1.165, 1.54) is 6.08 Å². The highest BCUT2D eigenvalue weighted by Gasteiger charge is 2.10. The van der Waals surface area contributed by atoms with Crippen LogP contribution >= 0.6 is 0 Å². The zero-order valence-corrected chi connectivity index (χ0v) is 9.54. The minimum absolute atomic E-state index is 0.251. The molecule has 74 valence electrons. The molecule has 0 rings (SSSR count). The molecule has 13 heavy (non-hydrogen) atoms. The highest BCUT2D eigenvalue weighted by molar-refractivity contribution is 6.83. The summed E-state index contributed by atoms with van der Waals surface area (Å²) in [7, 11) is -1.41. The zero-order valence-electron chi connectivity index (χ0n) is 8.54. The van der Waals surface area contributed by atoms with Crippen LogP contribution < -0.4 is 0 Å². The topological polar surface area (TPSA) is 40.5 Å². The molecule has 0 fully saturated rings. The molecular weight excluding hydrogens is 180 g/mol. The molecule has 0 saturated heterocycles. The van der Waals surface area contributed by atoms with Gasteiger partial charge in [0.1, 0.15) is 14.2 Å². The minimum Gasteiger partial charge on any atom is -0.389 e. The first kappa shape index (κ1) is 12.4. The monoisotopic (exact) mass is 198 g/mol. The van der Waals surface area contributed by atoms with E-state index in [1.807, 2.05) is 0 Å². The SMILES string of the molecule is C=C[C@H](O)C[C@H](O)C#C[Si](C)(C)C. The van der Waals surface area contributed by atoms with Crippen LogP contribution in [0.15, 0.2) is 12.7 Å². The van der Waals surface area contributed by atoms with Crippen LogP contribution in [0.1, 0.15) is 6.42 Å². The van der Waals surface area contributed by atoms with Gasteiger partial charge in [-0.2, -0.15) is 0 Å². The Kier molecular flexibility index (Phi) is 5.00. The maximum Gasteiger partial charge on any atom is 0.129 e. The lowest BCUT2D eigenvalue weighted by Gasteiger charge is -2.08. The molecule has 0 saturated carbocycles. The average Bonchev–Trinajstić information content (AvgIpc) is 1.99. The Hall–Kier alpha value is -0.563. The Balaban J connectivity index is 4.05. The summed E-state index contributed by atoms with van der Waals surface area (Å²) in [6.07, 6.45) is 0.256. The van der Waals surface area contributed by atoms with Gasteiger partial charge in [0.25, 0.3) is 0 Å². The first-order valence-corrected chi connectivity index (χ1v) is 7.86. The third kappa shape index (κ3) is 7.79. The molecule has 0 aliphatic heterocycles. The summed E-state index contributed by atoms with van der Waals surface area (Å²) in [6.45, 7) is 9.75. The molecule has 0 aliphatic rings. The molecular formula is C10H18O2Si. The summed E-state index contributed by atoms with van der Waals surface area (Å²) < 4.78 is 0. The Morgan fingerprint density at radius 1 is 1.38 bits per heavy atom. The summed E-state index contributed by atoms with van der Waals surface area (Å²) in [6, 6.07) is 0. The number of hydrogen-bond donors (Lipinski definition) is 2. The highest BCUT2D eigenvalue weighted by atomic mass is 28.3. The van der Waals surface area contributed by atoms with Crippen molar-refractivity contribution in [2.75, 3.05) is 0 Å². The van der Waals surface area contributed by atoms with Gasteiger partial charge in [0.05, 0.1) is 6.10 Å². The minimum atomic E-state index is -1.41. The van der Waals surface area contributed by atoms with Crippen molar-refractivity contribution in [2.45, 2.75) is 38.3 Å². The lowest BCUT2D eigenvalue weighted by Crippen LogP contribution is -2.19. The van der Waals surface area contributed by atoms with Gasteiger partial charge in [-0.25, -0.2) is 0 Å². The molecule has 0 unspecified atom stereocenters. The fourth-order valence-corrected chi connectivity index (χ4v) is 1.28. The normalized spacial score (nSPS) is 15.5. The molecule has 0 amide bonds. The smallest absolute Gasteiger partial charge is 0.129 e. The molecule has 0 bridgehead atoms. The Morgan fingerprint density at radius 3 is 2.31 bits per heavy atom. The maximum absolute atomic E-state index is 9.35. The van der Waals surface area contributed by atoms with Crippen LogP contribution in [0, 0.1) is 11.5 Å². The predicted molar refractivity (Wildman–Crippen MR) is 57.9 cm³/mol. The van der Waals surface area contributed by atoms with Crippen LogP contribution in [0.4, 0.5) is 0 Å². The van der Waals surface area contributed by atoms with Crippen molar-refractivity contribution in [3.8, 4) is 11.5 Å². The van der Waals surface area contributed by atoms with Crippen LogP contribution in [-0.4, -0.2) is 30.5 Å². The average molecular weight is 198 g/mol. The van der Waals surface area contributed by atoms with E-state index >= 15 is 0 Å². The molecule has 0 heterocycles. The quantitative estimate of drug-likeness (QED) is 0.406. The van der Waals surface area contributed by atoms with Crippen LogP contribution in [0.25, 0.3) is 0 Å². The maximum atomic E-state index is 9.35. The van der Waals surface area contributed by atoms with Crippen molar-refractivity contribution in [1.29, 1.82) is 0 Å². The summed E-state index contributed by atoms with van der Waals surface area (Å²) in [5.41, 5.74) is 3.04. The summed E-state index contributed by atoms with van der Waals surface area (Å²) in [5, 5.41) is 18.5. The standard InChI is InChI=1S/C10H18O2Si/c1-5-9(11)8-10(12)6-7-13(2,3)4/h5,9-12H,1,8H2,2-4H3/t9-,10+/m0/s1. The number of rotatable bonds is 3. The number of aliphatic hydroxyl groups excluding tert-OH is 2. The molecule has 0 radical (unpaired) electrons. The van der Waals surface area contributed by atoms with Gasteiger partial charge in [0, 0.05) is 6.42 Å². The van der Waals surface area contributed by atoms with E-state index in [0.717, 1.165) is 0 Å². The third-order valence-electron chi connectivity index (χ3n) is 1.35. The van der Waals surface area contributed by atoms with Crippen LogP contribution in [0.2, 0.25) is 19.6 Å². The predicted octanol–water partition coefficient (Wildman–Crippen LogP) is 1.17. The van der Waals surface area contributed by atoms with E-state index in [9.17, 15) is 5.11 Å². The molecule has 2 nitrogen and oxygen atoms in total. The number of hydrogen-bond acceptors (Lipinski definition) is 2. The molecule has 2 atom stereocenters. The van der Waals surface area contributed by atoms with Gasteiger partial charge >= 0.3 is 0 Å². The third-order valence-corrected chi connectivity index (χ3v) is 2.24. The molecule has 0 aromatic carbocycles. The van der Waals surface area contributed by atoms with Gasteiger partial charge in [0.2, 0.25) is 0 Å². The Morgan fingerprint density at radius 2 is 1.92 bits per heavy atom. The van der Waals surface area contributed by atoms with Gasteiger partial charge in [0.15, 0.2) is 0 Å². The van der Waals surface area contributed by atoms with E-state index in [0.29, 0.717) is 0 Å². The summed E-state index contributed by atoms with van der Waals surface area (Å²) in [4.78, 5) is 0. The fraction of sp³-hybridized carbons (Fsp3) is 0.600. The fourth-order valence-electron chi connectivity index (χ4n) is 0.684.